The summed E-state index contributed by atoms with van der Waals surface area (Å²) >= 11 is 1.62. The molecule has 0 aromatic rings. The van der Waals surface area contributed by atoms with Gasteiger partial charge in [-0.05, 0) is 31.7 Å². The zero-order valence-electron chi connectivity index (χ0n) is 14.3. The van der Waals surface area contributed by atoms with Gasteiger partial charge < -0.3 is 10.2 Å². The Bertz CT molecular complexity index is 473. The van der Waals surface area contributed by atoms with E-state index >= 15 is 0 Å². The Morgan fingerprint density at radius 3 is 2.44 bits per heavy atom. The molecule has 3 aliphatic rings. The molecule has 1 saturated carbocycles. The Morgan fingerprint density at radius 1 is 1.16 bits per heavy atom. The van der Waals surface area contributed by atoms with Gasteiger partial charge in [0.05, 0.1) is 12.1 Å². The molecule has 25 heavy (non-hydrogen) atoms. The monoisotopic (exact) mass is 381 g/mol. The number of carbonyl (C=O) groups is 1. The van der Waals surface area contributed by atoms with Gasteiger partial charge in [0.2, 0.25) is 0 Å². The molecule has 2 saturated heterocycles. The molecule has 6 nitrogen and oxygen atoms in total. The first-order chi connectivity index (χ1) is 11.8. The number of amides is 2. The van der Waals surface area contributed by atoms with Crippen LogP contribution in [0.4, 0.5) is 18.0 Å². The highest BCUT2D eigenvalue weighted by atomic mass is 32.2. The van der Waals surface area contributed by atoms with Crippen molar-refractivity contribution >= 4 is 18.0 Å². The van der Waals surface area contributed by atoms with Crippen molar-refractivity contribution in [1.29, 1.82) is 0 Å². The van der Waals surface area contributed by atoms with Crippen LogP contribution in [0.3, 0.4) is 0 Å². The summed E-state index contributed by atoms with van der Waals surface area (Å²) in [5, 5.41) is 6.04. The molecule has 2 aliphatic heterocycles. The Labute approximate surface area is 150 Å². The lowest BCUT2D eigenvalue weighted by atomic mass is 9.84. The van der Waals surface area contributed by atoms with Gasteiger partial charge in [-0.3, -0.25) is 10.2 Å². The third-order valence-corrected chi connectivity index (χ3v) is 6.32. The van der Waals surface area contributed by atoms with Crippen molar-refractivity contribution in [1.82, 2.24) is 25.2 Å². The van der Waals surface area contributed by atoms with Gasteiger partial charge in [0.25, 0.3) is 0 Å². The van der Waals surface area contributed by atoms with Gasteiger partial charge in [-0.2, -0.15) is 13.2 Å². The molecule has 0 aromatic heterocycles. The molecule has 144 valence electrons. The van der Waals surface area contributed by atoms with Crippen LogP contribution in [0.1, 0.15) is 32.6 Å². The maximum Gasteiger partial charge on any atom is 0.393 e. The number of rotatable bonds is 2. The van der Waals surface area contributed by atoms with Crippen molar-refractivity contribution in [3.8, 4) is 0 Å². The van der Waals surface area contributed by atoms with Crippen LogP contribution in [0.15, 0.2) is 0 Å². The fraction of sp³-hybridized carbons (Fsp3) is 0.933. The average molecular weight is 381 g/mol. The van der Waals surface area contributed by atoms with Gasteiger partial charge in [0.15, 0.2) is 0 Å². The highest BCUT2D eigenvalue weighted by Crippen LogP contribution is 2.37. The van der Waals surface area contributed by atoms with Crippen LogP contribution < -0.4 is 15.4 Å². The summed E-state index contributed by atoms with van der Waals surface area (Å²) in [5.41, 5.74) is 0.174. The number of nitrogens with one attached hydrogen (secondary N) is 3. The average Bonchev–Trinajstić information content (AvgIpc) is 3.01. The normalized spacial score (nSPS) is 35.0. The lowest BCUT2D eigenvalue weighted by molar-refractivity contribution is -0.188. The smallest absolute Gasteiger partial charge is 0.335 e. The van der Waals surface area contributed by atoms with E-state index in [1.165, 1.54) is 0 Å². The molecule has 2 heterocycles. The van der Waals surface area contributed by atoms with Gasteiger partial charge >= 0.3 is 12.2 Å². The molecule has 3 rings (SSSR count). The van der Waals surface area contributed by atoms with Gasteiger partial charge in [-0.1, -0.05) is 12.8 Å². The summed E-state index contributed by atoms with van der Waals surface area (Å²) in [6, 6.07) is -1.16. The van der Waals surface area contributed by atoms with Crippen LogP contribution in [0, 0.1) is 5.92 Å². The zero-order valence-corrected chi connectivity index (χ0v) is 15.1. The predicted molar refractivity (Wildman–Crippen MR) is 90.6 cm³/mol. The second-order valence-electron chi connectivity index (χ2n) is 6.99. The van der Waals surface area contributed by atoms with E-state index in [0.29, 0.717) is 39.0 Å². The topological polar surface area (TPSA) is 59.6 Å². The largest absolute Gasteiger partial charge is 0.393 e. The third-order valence-electron chi connectivity index (χ3n) is 5.18. The summed E-state index contributed by atoms with van der Waals surface area (Å²) in [7, 11) is 0. The summed E-state index contributed by atoms with van der Waals surface area (Å²) in [6.45, 7) is 4.52. The maximum atomic E-state index is 13.2. The fourth-order valence-corrected chi connectivity index (χ4v) is 4.77. The number of hydrogen-bond acceptors (Lipinski definition) is 5. The van der Waals surface area contributed by atoms with E-state index in [0.717, 1.165) is 6.42 Å². The first-order valence-electron chi connectivity index (χ1n) is 8.88. The first kappa shape index (κ1) is 19.1. The Hall–Kier alpha value is -0.710. The van der Waals surface area contributed by atoms with E-state index in [-0.39, 0.29) is 24.1 Å². The SMILES string of the molecule is CC1NSC(N2CCN(C(=O)NC3CCCCC3C(F)(F)F)CC2)N1. The lowest BCUT2D eigenvalue weighted by Gasteiger charge is -2.39. The van der Waals surface area contributed by atoms with E-state index in [1.807, 2.05) is 6.92 Å². The Morgan fingerprint density at radius 2 is 1.84 bits per heavy atom. The van der Waals surface area contributed by atoms with E-state index in [2.05, 4.69) is 20.3 Å². The molecule has 4 unspecified atom stereocenters. The molecule has 4 atom stereocenters. The number of carbonyl (C=O) groups excluding carboxylic acids is 1. The van der Waals surface area contributed by atoms with Crippen LogP contribution in [-0.2, 0) is 0 Å². The van der Waals surface area contributed by atoms with Crippen molar-refractivity contribution in [3.63, 3.8) is 0 Å². The van der Waals surface area contributed by atoms with Crippen molar-refractivity contribution in [2.24, 2.45) is 5.92 Å². The molecule has 10 heteroatoms. The molecule has 0 spiro atoms. The van der Waals surface area contributed by atoms with Crippen molar-refractivity contribution in [3.05, 3.63) is 0 Å². The zero-order chi connectivity index (χ0) is 18.0. The first-order valence-corrected chi connectivity index (χ1v) is 9.76. The Balaban J connectivity index is 1.49. The van der Waals surface area contributed by atoms with E-state index in [9.17, 15) is 18.0 Å². The fourth-order valence-electron chi connectivity index (χ4n) is 3.73. The summed E-state index contributed by atoms with van der Waals surface area (Å²) in [6.07, 6.45) is -2.18. The highest BCUT2D eigenvalue weighted by molar-refractivity contribution is 7.98. The minimum Gasteiger partial charge on any atom is -0.335 e. The molecule has 3 N–H and O–H groups in total. The summed E-state index contributed by atoms with van der Waals surface area (Å²) in [5.74, 6) is -1.42. The minimum absolute atomic E-state index is 0.109. The molecule has 0 aromatic carbocycles. The van der Waals surface area contributed by atoms with Crippen LogP contribution in [0.2, 0.25) is 0 Å². The number of halogens is 3. The highest BCUT2D eigenvalue weighted by Gasteiger charge is 2.46. The third kappa shape index (κ3) is 4.72. The van der Waals surface area contributed by atoms with Crippen molar-refractivity contribution in [2.75, 3.05) is 26.2 Å². The maximum absolute atomic E-state index is 13.2. The lowest BCUT2D eigenvalue weighted by Crippen LogP contribution is -2.58. The number of nitrogens with zero attached hydrogens (tertiary/aromatic N) is 2. The van der Waals surface area contributed by atoms with E-state index < -0.39 is 18.1 Å². The van der Waals surface area contributed by atoms with Crippen molar-refractivity contribution < 1.29 is 18.0 Å². The van der Waals surface area contributed by atoms with E-state index in [1.54, 1.807) is 16.8 Å². The van der Waals surface area contributed by atoms with Gasteiger partial charge in [-0.25, -0.2) is 9.52 Å². The molecule has 2 amide bonds. The minimum atomic E-state index is -4.24. The molecule has 1 aliphatic carbocycles. The van der Waals surface area contributed by atoms with Crippen LogP contribution in [0.5, 0.6) is 0 Å². The number of piperazine rings is 1. The van der Waals surface area contributed by atoms with E-state index in [4.69, 9.17) is 0 Å². The molecular weight excluding hydrogens is 355 g/mol. The van der Waals surface area contributed by atoms with Crippen LogP contribution in [-0.4, -0.2) is 65.9 Å². The standard InChI is InChI=1S/C15H26F3N5OS/c1-10-19-14(25-21-10)23-8-6-22(7-9-23)13(24)20-12-5-3-2-4-11(12)15(16,17)18/h10-12,14,19,21H,2-9H2,1H3,(H,20,24). The van der Waals surface area contributed by atoms with Gasteiger partial charge in [0, 0.05) is 32.2 Å². The van der Waals surface area contributed by atoms with Crippen LogP contribution in [0.25, 0.3) is 0 Å². The Kier molecular flexibility index (Phi) is 6.02. The van der Waals surface area contributed by atoms with Gasteiger partial charge in [-0.15, -0.1) is 0 Å². The van der Waals surface area contributed by atoms with Crippen LogP contribution >= 0.6 is 11.9 Å². The second kappa shape index (κ2) is 7.89. The molecule has 0 radical (unpaired) electrons. The second-order valence-corrected chi connectivity index (χ2v) is 7.91. The number of hydrogen-bond donors (Lipinski definition) is 3. The number of urea groups is 1. The summed E-state index contributed by atoms with van der Waals surface area (Å²) < 4.78 is 42.7. The quantitative estimate of drug-likeness (QED) is 0.638. The molecule has 3 fully saturated rings. The van der Waals surface area contributed by atoms with Gasteiger partial charge in [0.1, 0.15) is 5.50 Å². The number of alkyl halides is 3. The molecule has 0 bridgehead atoms. The molecular formula is C15H26F3N5OS. The van der Waals surface area contributed by atoms with Crippen molar-refractivity contribution in [2.45, 2.75) is 56.5 Å². The predicted octanol–water partition coefficient (Wildman–Crippen LogP) is 1.91. The summed E-state index contributed by atoms with van der Waals surface area (Å²) in [4.78, 5) is 16.3.